The van der Waals surface area contributed by atoms with Crippen LogP contribution in [-0.4, -0.2) is 20.0 Å². The van der Waals surface area contributed by atoms with Crippen molar-refractivity contribution in [1.29, 1.82) is 0 Å². The van der Waals surface area contributed by atoms with E-state index in [1.807, 2.05) is 0 Å². The van der Waals surface area contributed by atoms with Crippen LogP contribution in [0.2, 0.25) is 10.3 Å². The maximum atomic E-state index is 6.25. The molecule has 2 aromatic rings. The summed E-state index contributed by atoms with van der Waals surface area (Å²) in [6.45, 7) is 2.08. The molecule has 0 amide bonds. The van der Waals surface area contributed by atoms with Gasteiger partial charge in [-0.1, -0.05) is 36.5 Å². The van der Waals surface area contributed by atoms with Gasteiger partial charge in [-0.2, -0.15) is 5.10 Å². The van der Waals surface area contributed by atoms with Crippen LogP contribution in [-0.2, 0) is 12.3 Å². The Morgan fingerprint density at radius 1 is 1.22 bits per heavy atom. The van der Waals surface area contributed by atoms with Gasteiger partial charge in [0.15, 0.2) is 11.0 Å². The molecule has 4 nitrogen and oxygen atoms in total. The Hall–Kier alpha value is -0.840. The van der Waals surface area contributed by atoms with Crippen molar-refractivity contribution in [3.8, 4) is 5.82 Å². The summed E-state index contributed by atoms with van der Waals surface area (Å²) in [5.41, 5.74) is 1.74. The van der Waals surface area contributed by atoms with Crippen LogP contribution in [0, 0.1) is 0 Å². The predicted octanol–water partition coefficient (Wildman–Crippen LogP) is 3.66. The van der Waals surface area contributed by atoms with Crippen molar-refractivity contribution in [2.75, 3.05) is 0 Å². The number of hydrogen-bond donors (Lipinski definition) is 0. The minimum absolute atomic E-state index is 0.327. The van der Waals surface area contributed by atoms with E-state index in [0.29, 0.717) is 22.0 Å². The average molecular weight is 306 g/mol. The molecular formula is C11H11Cl3N4. The van der Waals surface area contributed by atoms with E-state index in [1.54, 1.807) is 12.1 Å². The van der Waals surface area contributed by atoms with Crippen molar-refractivity contribution < 1.29 is 0 Å². The average Bonchev–Trinajstić information content (AvgIpc) is 2.67. The molecule has 2 rings (SSSR count). The van der Waals surface area contributed by atoms with Crippen LogP contribution < -0.4 is 0 Å². The molecule has 0 unspecified atom stereocenters. The lowest BCUT2D eigenvalue weighted by atomic mass is 10.2. The van der Waals surface area contributed by atoms with Crippen LogP contribution in [0.4, 0.5) is 0 Å². The van der Waals surface area contributed by atoms with Crippen LogP contribution in [0.3, 0.4) is 0 Å². The third kappa shape index (κ3) is 2.60. The fourth-order valence-electron chi connectivity index (χ4n) is 1.62. The molecule has 96 valence electrons. The zero-order valence-electron chi connectivity index (χ0n) is 9.70. The van der Waals surface area contributed by atoms with E-state index >= 15 is 0 Å². The molecule has 0 atom stereocenters. The SMILES string of the molecule is CCCc1nn(-c2ccc(Cl)nn2)c(Cl)c1CCl. The first-order valence-corrected chi connectivity index (χ1v) is 6.78. The third-order valence-electron chi connectivity index (χ3n) is 2.46. The maximum Gasteiger partial charge on any atom is 0.177 e. The van der Waals surface area contributed by atoms with Gasteiger partial charge >= 0.3 is 0 Å². The van der Waals surface area contributed by atoms with E-state index < -0.39 is 0 Å². The minimum atomic E-state index is 0.327. The first-order valence-electron chi connectivity index (χ1n) is 5.49. The molecule has 0 saturated carbocycles. The highest BCUT2D eigenvalue weighted by Crippen LogP contribution is 2.25. The van der Waals surface area contributed by atoms with Crippen molar-refractivity contribution in [1.82, 2.24) is 20.0 Å². The largest absolute Gasteiger partial charge is 0.201 e. The molecule has 0 aliphatic carbocycles. The molecule has 2 aromatic heterocycles. The van der Waals surface area contributed by atoms with Gasteiger partial charge in [0.2, 0.25) is 0 Å². The van der Waals surface area contributed by atoms with E-state index in [9.17, 15) is 0 Å². The third-order valence-corrected chi connectivity index (χ3v) is 3.32. The summed E-state index contributed by atoms with van der Waals surface area (Å²) < 4.78 is 1.54. The Morgan fingerprint density at radius 3 is 2.56 bits per heavy atom. The second kappa shape index (κ2) is 5.87. The molecule has 0 saturated heterocycles. The van der Waals surface area contributed by atoms with Crippen LogP contribution in [0.25, 0.3) is 5.82 Å². The van der Waals surface area contributed by atoms with Gasteiger partial charge < -0.3 is 0 Å². The minimum Gasteiger partial charge on any atom is -0.201 e. The number of aromatic nitrogens is 4. The highest BCUT2D eigenvalue weighted by Gasteiger charge is 2.16. The Labute approximate surface area is 120 Å². The Kier molecular flexibility index (Phi) is 4.43. The second-order valence-electron chi connectivity index (χ2n) is 3.73. The summed E-state index contributed by atoms with van der Waals surface area (Å²) in [7, 11) is 0. The molecule has 0 spiro atoms. The lowest BCUT2D eigenvalue weighted by Crippen LogP contribution is -2.01. The topological polar surface area (TPSA) is 43.6 Å². The van der Waals surface area contributed by atoms with Crippen LogP contribution in [0.1, 0.15) is 24.6 Å². The normalized spacial score (nSPS) is 10.9. The van der Waals surface area contributed by atoms with Crippen molar-refractivity contribution in [2.24, 2.45) is 0 Å². The zero-order valence-corrected chi connectivity index (χ0v) is 12.0. The second-order valence-corrected chi connectivity index (χ2v) is 4.74. The Balaban J connectivity index is 2.47. The molecule has 7 heteroatoms. The zero-order chi connectivity index (χ0) is 13.1. The highest BCUT2D eigenvalue weighted by molar-refractivity contribution is 6.31. The molecule has 0 aliphatic rings. The van der Waals surface area contributed by atoms with Crippen molar-refractivity contribution in [2.45, 2.75) is 25.6 Å². The van der Waals surface area contributed by atoms with Crippen molar-refractivity contribution in [3.63, 3.8) is 0 Å². The van der Waals surface area contributed by atoms with E-state index in [2.05, 4.69) is 22.2 Å². The van der Waals surface area contributed by atoms with Gasteiger partial charge in [-0.05, 0) is 18.6 Å². The standard InChI is InChI=1S/C11H11Cl3N4/c1-2-3-8-7(6-12)11(14)18(17-8)10-5-4-9(13)15-16-10/h4-5H,2-3,6H2,1H3. The van der Waals surface area contributed by atoms with E-state index in [0.717, 1.165) is 24.1 Å². The van der Waals surface area contributed by atoms with Crippen LogP contribution in [0.15, 0.2) is 12.1 Å². The quantitative estimate of drug-likeness (QED) is 0.810. The van der Waals surface area contributed by atoms with E-state index in [1.165, 1.54) is 4.68 Å². The molecule has 0 N–H and O–H groups in total. The molecule has 0 bridgehead atoms. The lowest BCUT2D eigenvalue weighted by Gasteiger charge is -2.00. The van der Waals surface area contributed by atoms with Crippen molar-refractivity contribution in [3.05, 3.63) is 33.7 Å². The van der Waals surface area contributed by atoms with Gasteiger partial charge in [0.1, 0.15) is 5.15 Å². The molecule has 0 aromatic carbocycles. The number of halogens is 3. The first kappa shape index (κ1) is 13.6. The molecule has 0 radical (unpaired) electrons. The number of aryl methyl sites for hydroxylation is 1. The van der Waals surface area contributed by atoms with Gasteiger partial charge in [0.25, 0.3) is 0 Å². The van der Waals surface area contributed by atoms with Crippen molar-refractivity contribution >= 4 is 34.8 Å². The summed E-state index contributed by atoms with van der Waals surface area (Å²) in [5, 5.41) is 12.9. The lowest BCUT2D eigenvalue weighted by molar-refractivity contribution is 0.774. The molecule has 0 aliphatic heterocycles. The highest BCUT2D eigenvalue weighted by atomic mass is 35.5. The molecule has 18 heavy (non-hydrogen) atoms. The number of alkyl halides is 1. The summed E-state index contributed by atoms with van der Waals surface area (Å²) >= 11 is 17.9. The smallest absolute Gasteiger partial charge is 0.177 e. The Bertz CT molecular complexity index is 536. The monoisotopic (exact) mass is 304 g/mol. The number of hydrogen-bond acceptors (Lipinski definition) is 3. The fourth-order valence-corrected chi connectivity index (χ4v) is 2.37. The number of nitrogens with zero attached hydrogens (tertiary/aromatic N) is 4. The molecule has 0 fully saturated rings. The first-order chi connectivity index (χ1) is 8.67. The van der Waals surface area contributed by atoms with Crippen LogP contribution >= 0.6 is 34.8 Å². The van der Waals surface area contributed by atoms with Gasteiger partial charge in [-0.3, -0.25) is 0 Å². The van der Waals surface area contributed by atoms with Crippen LogP contribution in [0.5, 0.6) is 0 Å². The molecule has 2 heterocycles. The van der Waals surface area contributed by atoms with Gasteiger partial charge in [-0.25, -0.2) is 4.68 Å². The van der Waals surface area contributed by atoms with Gasteiger partial charge in [0, 0.05) is 5.56 Å². The summed E-state index contributed by atoms with van der Waals surface area (Å²) in [4.78, 5) is 0. The summed E-state index contributed by atoms with van der Waals surface area (Å²) in [6.07, 6.45) is 1.80. The van der Waals surface area contributed by atoms with E-state index in [-0.39, 0.29) is 0 Å². The summed E-state index contributed by atoms with van der Waals surface area (Å²) in [6, 6.07) is 3.35. The molecular weight excluding hydrogens is 295 g/mol. The van der Waals surface area contributed by atoms with Gasteiger partial charge in [-0.15, -0.1) is 21.8 Å². The Morgan fingerprint density at radius 2 is 2.00 bits per heavy atom. The van der Waals surface area contributed by atoms with Gasteiger partial charge in [0.05, 0.1) is 11.6 Å². The predicted molar refractivity (Wildman–Crippen MR) is 72.7 cm³/mol. The fraction of sp³-hybridized carbons (Fsp3) is 0.364. The number of rotatable bonds is 4. The maximum absolute atomic E-state index is 6.25. The summed E-state index contributed by atoms with van der Waals surface area (Å²) in [5.74, 6) is 0.855. The van der Waals surface area contributed by atoms with E-state index in [4.69, 9.17) is 34.8 Å².